The second-order valence-electron chi connectivity index (χ2n) is 8.55. The molecule has 0 saturated heterocycles. The van der Waals surface area contributed by atoms with E-state index in [0.29, 0.717) is 18.4 Å². The summed E-state index contributed by atoms with van der Waals surface area (Å²) in [6.07, 6.45) is -0.655. The van der Waals surface area contributed by atoms with Gasteiger partial charge in [-0.25, -0.2) is 4.79 Å². The molecule has 12 N–H and O–H groups in total. The van der Waals surface area contributed by atoms with Crippen molar-refractivity contribution in [3.63, 3.8) is 0 Å². The molecular formula is C23H34N6O9. The van der Waals surface area contributed by atoms with E-state index in [4.69, 9.17) is 17.2 Å². The van der Waals surface area contributed by atoms with Crippen molar-refractivity contribution in [2.45, 2.75) is 62.7 Å². The van der Waals surface area contributed by atoms with E-state index >= 15 is 0 Å². The molecule has 38 heavy (non-hydrogen) atoms. The molecule has 15 nitrogen and oxygen atoms in total. The highest BCUT2D eigenvalue weighted by Gasteiger charge is 2.31. The number of carboxylic acid groups (broad SMARTS) is 2. The monoisotopic (exact) mass is 538 g/mol. The lowest BCUT2D eigenvalue weighted by atomic mass is 10.0. The number of nitrogens with one attached hydrogen (secondary N) is 3. The summed E-state index contributed by atoms with van der Waals surface area (Å²) in [6.45, 7) is 0.288. The number of phenols is 1. The van der Waals surface area contributed by atoms with Gasteiger partial charge in [0.05, 0.1) is 18.9 Å². The molecule has 1 aromatic rings. The number of carboxylic acids is 2. The van der Waals surface area contributed by atoms with Crippen LogP contribution in [0.25, 0.3) is 0 Å². The number of phenolic OH excluding ortho intramolecular Hbond substituents is 1. The molecule has 4 unspecified atom stereocenters. The Morgan fingerprint density at radius 3 is 1.87 bits per heavy atom. The zero-order chi connectivity index (χ0) is 28.8. The van der Waals surface area contributed by atoms with Crippen molar-refractivity contribution in [3.8, 4) is 5.75 Å². The van der Waals surface area contributed by atoms with E-state index in [-0.39, 0.29) is 25.1 Å². The maximum Gasteiger partial charge on any atom is 0.326 e. The van der Waals surface area contributed by atoms with Gasteiger partial charge in [0.15, 0.2) is 0 Å². The fourth-order valence-electron chi connectivity index (χ4n) is 3.35. The molecule has 4 amide bonds. The predicted molar refractivity (Wildman–Crippen MR) is 132 cm³/mol. The van der Waals surface area contributed by atoms with Crippen molar-refractivity contribution in [3.05, 3.63) is 29.8 Å². The minimum atomic E-state index is -1.66. The Kier molecular flexibility index (Phi) is 13.2. The fourth-order valence-corrected chi connectivity index (χ4v) is 3.35. The first-order valence-electron chi connectivity index (χ1n) is 11.7. The Morgan fingerprint density at radius 1 is 0.789 bits per heavy atom. The minimum Gasteiger partial charge on any atom is -0.508 e. The lowest BCUT2D eigenvalue weighted by molar-refractivity contribution is -0.143. The molecule has 0 aliphatic rings. The Labute approximate surface area is 218 Å². The van der Waals surface area contributed by atoms with Crippen LogP contribution >= 0.6 is 0 Å². The zero-order valence-corrected chi connectivity index (χ0v) is 20.6. The number of rotatable bonds is 17. The van der Waals surface area contributed by atoms with Gasteiger partial charge in [-0.3, -0.25) is 24.0 Å². The van der Waals surface area contributed by atoms with E-state index in [1.807, 2.05) is 0 Å². The Bertz CT molecular complexity index is 1000. The number of unbranched alkanes of at least 4 members (excludes halogenated alkanes) is 1. The second kappa shape index (κ2) is 15.8. The van der Waals surface area contributed by atoms with Crippen LogP contribution in [0.3, 0.4) is 0 Å². The number of aliphatic carboxylic acids is 2. The molecule has 0 aliphatic heterocycles. The molecule has 1 aromatic carbocycles. The zero-order valence-electron chi connectivity index (χ0n) is 20.6. The summed E-state index contributed by atoms with van der Waals surface area (Å²) in [5.41, 5.74) is 16.5. The summed E-state index contributed by atoms with van der Waals surface area (Å²) in [5, 5.41) is 35.0. The standard InChI is InChI=1S/C23H34N6O9/c24-8-2-1-3-15(21(35)29-17(23(37)38)9-12-4-6-13(30)7-5-12)27-22(36)16(11-19(32)33)28-20(34)14(25)10-18(26)31/h4-7,14-17,30H,1-3,8-11,24-25H2,(H2,26,31)(H,27,36)(H,28,34)(H,29,35)(H,32,33)(H,37,38). The van der Waals surface area contributed by atoms with E-state index in [2.05, 4.69) is 16.0 Å². The lowest BCUT2D eigenvalue weighted by Crippen LogP contribution is -2.57. The highest BCUT2D eigenvalue weighted by molar-refractivity contribution is 5.96. The Hall–Kier alpha value is -4.24. The van der Waals surface area contributed by atoms with Gasteiger partial charge in [-0.15, -0.1) is 0 Å². The quantitative estimate of drug-likeness (QED) is 0.0918. The largest absolute Gasteiger partial charge is 0.508 e. The van der Waals surface area contributed by atoms with Crippen molar-refractivity contribution >= 4 is 35.6 Å². The summed E-state index contributed by atoms with van der Waals surface area (Å²) in [6, 6.07) is -0.0749. The van der Waals surface area contributed by atoms with Crippen LogP contribution in [0.2, 0.25) is 0 Å². The highest BCUT2D eigenvalue weighted by atomic mass is 16.4. The third-order valence-electron chi connectivity index (χ3n) is 5.34. The van der Waals surface area contributed by atoms with E-state index < -0.39 is 72.6 Å². The van der Waals surface area contributed by atoms with Crippen LogP contribution in [-0.2, 0) is 35.2 Å². The van der Waals surface area contributed by atoms with Crippen molar-refractivity contribution in [1.82, 2.24) is 16.0 Å². The summed E-state index contributed by atoms with van der Waals surface area (Å²) in [7, 11) is 0. The van der Waals surface area contributed by atoms with Crippen molar-refractivity contribution in [2.24, 2.45) is 17.2 Å². The van der Waals surface area contributed by atoms with Crippen LogP contribution in [-0.4, -0.2) is 81.6 Å². The normalized spacial score (nSPS) is 13.8. The van der Waals surface area contributed by atoms with Gasteiger partial charge in [0.25, 0.3) is 0 Å². The molecule has 0 fully saturated rings. The maximum atomic E-state index is 13.0. The maximum absolute atomic E-state index is 13.0. The average Bonchev–Trinajstić information content (AvgIpc) is 2.82. The van der Waals surface area contributed by atoms with Crippen LogP contribution in [0.4, 0.5) is 0 Å². The molecule has 0 bridgehead atoms. The van der Waals surface area contributed by atoms with Crippen molar-refractivity contribution < 1.29 is 44.1 Å². The average molecular weight is 539 g/mol. The summed E-state index contributed by atoms with van der Waals surface area (Å²) in [5.74, 6) is -6.60. The molecule has 4 atom stereocenters. The molecule has 0 heterocycles. The highest BCUT2D eigenvalue weighted by Crippen LogP contribution is 2.12. The van der Waals surface area contributed by atoms with E-state index in [9.17, 15) is 44.1 Å². The first-order valence-corrected chi connectivity index (χ1v) is 11.7. The Morgan fingerprint density at radius 2 is 1.34 bits per heavy atom. The first-order chi connectivity index (χ1) is 17.8. The summed E-state index contributed by atoms with van der Waals surface area (Å²) < 4.78 is 0. The van der Waals surface area contributed by atoms with Crippen LogP contribution in [0.15, 0.2) is 24.3 Å². The number of carbonyl (C=O) groups excluding carboxylic acids is 4. The third-order valence-corrected chi connectivity index (χ3v) is 5.34. The molecule has 1 rings (SSSR count). The number of nitrogens with two attached hydrogens (primary N) is 3. The number of hydrogen-bond acceptors (Lipinski definition) is 9. The molecular weight excluding hydrogens is 504 g/mol. The van der Waals surface area contributed by atoms with E-state index in [1.165, 1.54) is 24.3 Å². The van der Waals surface area contributed by atoms with Crippen LogP contribution in [0.1, 0.15) is 37.7 Å². The van der Waals surface area contributed by atoms with Gasteiger partial charge in [0.2, 0.25) is 23.6 Å². The van der Waals surface area contributed by atoms with Gasteiger partial charge in [0, 0.05) is 6.42 Å². The number of aromatic hydroxyl groups is 1. The number of primary amides is 1. The third kappa shape index (κ3) is 11.7. The van der Waals surface area contributed by atoms with Gasteiger partial charge >= 0.3 is 11.9 Å². The van der Waals surface area contributed by atoms with Gasteiger partial charge < -0.3 is 48.5 Å². The molecule has 15 heteroatoms. The SMILES string of the molecule is NCCCCC(NC(=O)C(CC(=O)O)NC(=O)C(N)CC(N)=O)C(=O)NC(Cc1ccc(O)cc1)C(=O)O. The molecule has 0 radical (unpaired) electrons. The number of hydrogen-bond donors (Lipinski definition) is 9. The molecule has 0 saturated carbocycles. The van der Waals surface area contributed by atoms with E-state index in [0.717, 1.165) is 0 Å². The van der Waals surface area contributed by atoms with Crippen molar-refractivity contribution in [2.75, 3.05) is 6.54 Å². The number of amides is 4. The minimum absolute atomic E-state index is 0.0223. The summed E-state index contributed by atoms with van der Waals surface area (Å²) >= 11 is 0. The number of carbonyl (C=O) groups is 6. The van der Waals surface area contributed by atoms with Crippen LogP contribution < -0.4 is 33.2 Å². The Balaban J connectivity index is 3.04. The van der Waals surface area contributed by atoms with Gasteiger partial charge in [-0.1, -0.05) is 12.1 Å². The fraction of sp³-hybridized carbons (Fsp3) is 0.478. The summed E-state index contributed by atoms with van der Waals surface area (Å²) in [4.78, 5) is 72.2. The van der Waals surface area contributed by atoms with Gasteiger partial charge in [-0.05, 0) is 43.5 Å². The van der Waals surface area contributed by atoms with Crippen LogP contribution in [0, 0.1) is 0 Å². The molecule has 210 valence electrons. The first kappa shape index (κ1) is 31.8. The topological polar surface area (TPSA) is 277 Å². The van der Waals surface area contributed by atoms with Crippen molar-refractivity contribution in [1.29, 1.82) is 0 Å². The van der Waals surface area contributed by atoms with Gasteiger partial charge in [-0.2, -0.15) is 0 Å². The van der Waals surface area contributed by atoms with Crippen LogP contribution in [0.5, 0.6) is 5.75 Å². The predicted octanol–water partition coefficient (Wildman–Crippen LogP) is -2.72. The molecule has 0 aromatic heterocycles. The molecule has 0 aliphatic carbocycles. The smallest absolute Gasteiger partial charge is 0.326 e. The molecule has 0 spiro atoms. The second-order valence-corrected chi connectivity index (χ2v) is 8.55. The van der Waals surface area contributed by atoms with E-state index in [1.54, 1.807) is 0 Å². The number of benzene rings is 1. The van der Waals surface area contributed by atoms with Gasteiger partial charge in [0.1, 0.15) is 23.9 Å². The lowest BCUT2D eigenvalue weighted by Gasteiger charge is -2.24.